The van der Waals surface area contributed by atoms with E-state index in [1.807, 2.05) is 0 Å². The van der Waals surface area contributed by atoms with Gasteiger partial charge in [-0.3, -0.25) is 0 Å². The molecule has 0 spiro atoms. The van der Waals surface area contributed by atoms with Crippen LogP contribution < -0.4 is 4.90 Å². The van der Waals surface area contributed by atoms with Crippen LogP contribution >= 0.6 is 0 Å². The van der Waals surface area contributed by atoms with Gasteiger partial charge in [0.1, 0.15) is 0 Å². The van der Waals surface area contributed by atoms with E-state index in [-0.39, 0.29) is 5.41 Å². The van der Waals surface area contributed by atoms with Gasteiger partial charge in [-0.1, -0.05) is 208 Å². The zero-order valence-electron chi connectivity index (χ0n) is 35.0. The van der Waals surface area contributed by atoms with Crippen LogP contribution in [0.2, 0.25) is 0 Å². The second-order valence-electron chi connectivity index (χ2n) is 16.9. The average molecular weight is 792 g/mol. The second-order valence-corrected chi connectivity index (χ2v) is 16.9. The molecular weight excluding hydrogens is 747 g/mol. The third-order valence-electron chi connectivity index (χ3n) is 12.9. The smallest absolute Gasteiger partial charge is 0.0467 e. The van der Waals surface area contributed by atoms with Crippen molar-refractivity contribution < 1.29 is 0 Å². The van der Waals surface area contributed by atoms with Crippen LogP contribution in [0.1, 0.15) is 25.0 Å². The number of hydrogen-bond donors (Lipinski definition) is 0. The minimum absolute atomic E-state index is 0.0950. The third-order valence-corrected chi connectivity index (χ3v) is 12.9. The summed E-state index contributed by atoms with van der Waals surface area (Å²) in [5.74, 6) is 0. The van der Waals surface area contributed by atoms with Crippen LogP contribution in [0.5, 0.6) is 0 Å². The lowest BCUT2D eigenvalue weighted by Crippen LogP contribution is -2.16. The Bertz CT molecular complexity index is 3220. The zero-order valence-corrected chi connectivity index (χ0v) is 35.0. The van der Waals surface area contributed by atoms with Crippen molar-refractivity contribution in [3.05, 3.63) is 248 Å². The quantitative estimate of drug-likeness (QED) is 0.148. The molecule has 10 aromatic carbocycles. The maximum absolute atomic E-state index is 2.39. The molecule has 62 heavy (non-hydrogen) atoms. The van der Waals surface area contributed by atoms with Gasteiger partial charge in [-0.15, -0.1) is 0 Å². The number of anilines is 3. The molecule has 0 heterocycles. The lowest BCUT2D eigenvalue weighted by molar-refractivity contribution is 0.662. The van der Waals surface area contributed by atoms with Crippen LogP contribution in [0.3, 0.4) is 0 Å². The van der Waals surface area contributed by atoms with Crippen molar-refractivity contribution in [1.29, 1.82) is 0 Å². The Kier molecular flexibility index (Phi) is 9.24. The predicted octanol–water partition coefficient (Wildman–Crippen LogP) is 17.0. The van der Waals surface area contributed by atoms with Gasteiger partial charge in [-0.25, -0.2) is 0 Å². The maximum atomic E-state index is 2.39. The van der Waals surface area contributed by atoms with E-state index in [2.05, 4.69) is 255 Å². The normalized spacial score (nSPS) is 12.5. The molecule has 1 aliphatic rings. The number of nitrogens with zero attached hydrogens (tertiary/aromatic N) is 1. The van der Waals surface area contributed by atoms with Gasteiger partial charge in [0.05, 0.1) is 0 Å². The van der Waals surface area contributed by atoms with Crippen LogP contribution in [-0.4, -0.2) is 0 Å². The van der Waals surface area contributed by atoms with Gasteiger partial charge in [0.2, 0.25) is 0 Å². The summed E-state index contributed by atoms with van der Waals surface area (Å²) in [5, 5.41) is 2.51. The highest BCUT2D eigenvalue weighted by atomic mass is 15.1. The molecule has 0 unspecified atom stereocenters. The van der Waals surface area contributed by atoms with Gasteiger partial charge in [-0.2, -0.15) is 0 Å². The average Bonchev–Trinajstić information content (AvgIpc) is 3.58. The molecule has 0 saturated carbocycles. The van der Waals surface area contributed by atoms with E-state index in [4.69, 9.17) is 0 Å². The van der Waals surface area contributed by atoms with Crippen molar-refractivity contribution in [3.8, 4) is 66.8 Å². The Hall–Kier alpha value is -7.74. The van der Waals surface area contributed by atoms with E-state index < -0.39 is 0 Å². The van der Waals surface area contributed by atoms with Crippen LogP contribution in [-0.2, 0) is 5.41 Å². The van der Waals surface area contributed by atoms with Crippen molar-refractivity contribution in [2.75, 3.05) is 4.90 Å². The van der Waals surface area contributed by atoms with Gasteiger partial charge in [-0.05, 0) is 131 Å². The summed E-state index contributed by atoms with van der Waals surface area (Å²) in [6, 6.07) is 86.5. The largest absolute Gasteiger partial charge is 0.310 e. The van der Waals surface area contributed by atoms with Crippen molar-refractivity contribution >= 4 is 27.8 Å². The molecule has 0 bridgehead atoms. The second kappa shape index (κ2) is 15.4. The van der Waals surface area contributed by atoms with Crippen molar-refractivity contribution in [2.45, 2.75) is 19.3 Å². The SMILES string of the molecule is CC1(C)c2ccccc2-c2cccc(-c3ccc(N(c4ccc(-c5ccc(-c6ccccc6)cc5)cc4)c4cccc(-c5cccc(-c6cccc7ccccc67)c5)c4)cc3)c21. The molecule has 0 saturated heterocycles. The molecule has 294 valence electrons. The summed E-state index contributed by atoms with van der Waals surface area (Å²) >= 11 is 0. The van der Waals surface area contributed by atoms with Gasteiger partial charge in [0, 0.05) is 22.5 Å². The lowest BCUT2D eigenvalue weighted by Gasteiger charge is -2.27. The van der Waals surface area contributed by atoms with Crippen molar-refractivity contribution in [2.24, 2.45) is 0 Å². The van der Waals surface area contributed by atoms with E-state index in [1.165, 1.54) is 88.7 Å². The molecular formula is C61H45N. The van der Waals surface area contributed by atoms with Gasteiger partial charge >= 0.3 is 0 Å². The molecule has 1 nitrogen and oxygen atoms in total. The Morgan fingerprint density at radius 1 is 0.290 bits per heavy atom. The van der Waals surface area contributed by atoms with Crippen LogP contribution in [0.25, 0.3) is 77.5 Å². The first-order chi connectivity index (χ1) is 30.5. The summed E-state index contributed by atoms with van der Waals surface area (Å²) in [6.45, 7) is 4.73. The number of fused-ring (bicyclic) bond motifs is 4. The topological polar surface area (TPSA) is 3.24 Å². The first-order valence-electron chi connectivity index (χ1n) is 21.6. The predicted molar refractivity (Wildman–Crippen MR) is 263 cm³/mol. The highest BCUT2D eigenvalue weighted by Crippen LogP contribution is 2.52. The fourth-order valence-corrected chi connectivity index (χ4v) is 9.78. The highest BCUT2D eigenvalue weighted by molar-refractivity contribution is 5.97. The molecule has 0 fully saturated rings. The first-order valence-corrected chi connectivity index (χ1v) is 21.6. The van der Waals surface area contributed by atoms with E-state index in [0.717, 1.165) is 17.1 Å². The van der Waals surface area contributed by atoms with E-state index in [9.17, 15) is 0 Å². The van der Waals surface area contributed by atoms with Gasteiger partial charge < -0.3 is 4.90 Å². The first kappa shape index (κ1) is 37.3. The molecule has 0 amide bonds. The molecule has 0 atom stereocenters. The Balaban J connectivity index is 0.980. The molecule has 0 N–H and O–H groups in total. The fourth-order valence-electron chi connectivity index (χ4n) is 9.78. The van der Waals surface area contributed by atoms with Gasteiger partial charge in [0.15, 0.2) is 0 Å². The summed E-state index contributed by atoms with van der Waals surface area (Å²) in [7, 11) is 0. The minimum atomic E-state index is -0.0950. The zero-order chi connectivity index (χ0) is 41.6. The summed E-state index contributed by atoms with van der Waals surface area (Å²) in [5.41, 5.74) is 20.8. The molecule has 1 aliphatic carbocycles. The highest BCUT2D eigenvalue weighted by Gasteiger charge is 2.37. The summed E-state index contributed by atoms with van der Waals surface area (Å²) < 4.78 is 0. The summed E-state index contributed by atoms with van der Waals surface area (Å²) in [4.78, 5) is 2.39. The van der Waals surface area contributed by atoms with Crippen molar-refractivity contribution in [3.63, 3.8) is 0 Å². The van der Waals surface area contributed by atoms with Crippen LogP contribution in [0, 0.1) is 0 Å². The maximum Gasteiger partial charge on any atom is 0.0467 e. The Morgan fingerprint density at radius 3 is 1.50 bits per heavy atom. The minimum Gasteiger partial charge on any atom is -0.310 e. The molecule has 0 aliphatic heterocycles. The monoisotopic (exact) mass is 791 g/mol. The van der Waals surface area contributed by atoms with Crippen LogP contribution in [0.15, 0.2) is 237 Å². The molecule has 0 aromatic heterocycles. The number of rotatable bonds is 8. The standard InChI is InChI=1S/C61H45N/c1-61(2)59-27-9-8-23-57(59)58-26-13-25-56(60(58)61)47-34-38-52(39-35-47)62(51-36-32-45(33-37-51)44-30-28-43(29-31-44)42-14-4-3-5-15-42)53-21-11-19-49(41-53)48-18-10-20-50(40-48)55-24-12-17-46-16-6-7-22-54(46)55/h3-41H,1-2H3. The van der Waals surface area contributed by atoms with Crippen molar-refractivity contribution in [1.82, 2.24) is 0 Å². The van der Waals surface area contributed by atoms with Gasteiger partial charge in [0.25, 0.3) is 0 Å². The molecule has 10 aromatic rings. The number of benzene rings is 10. The molecule has 1 heteroatoms. The van der Waals surface area contributed by atoms with E-state index in [0.29, 0.717) is 0 Å². The van der Waals surface area contributed by atoms with E-state index >= 15 is 0 Å². The van der Waals surface area contributed by atoms with E-state index in [1.54, 1.807) is 0 Å². The summed E-state index contributed by atoms with van der Waals surface area (Å²) in [6.07, 6.45) is 0. The Labute approximate surface area is 364 Å². The van der Waals surface area contributed by atoms with Crippen LogP contribution in [0.4, 0.5) is 17.1 Å². The molecule has 0 radical (unpaired) electrons. The fraction of sp³-hybridized carbons (Fsp3) is 0.0492. The number of hydrogen-bond acceptors (Lipinski definition) is 1. The Morgan fingerprint density at radius 2 is 0.758 bits per heavy atom. The third kappa shape index (κ3) is 6.60. The lowest BCUT2D eigenvalue weighted by atomic mass is 9.79. The molecule has 11 rings (SSSR count).